The molecule has 0 aromatic carbocycles. The van der Waals surface area contributed by atoms with Crippen molar-refractivity contribution in [1.82, 2.24) is 15.1 Å². The molecule has 2 fully saturated rings. The molecule has 0 aromatic rings. The van der Waals surface area contributed by atoms with E-state index in [1.807, 2.05) is 6.92 Å². The van der Waals surface area contributed by atoms with Crippen molar-refractivity contribution in [2.24, 2.45) is 0 Å². The zero-order chi connectivity index (χ0) is 14.7. The second-order valence-corrected chi connectivity index (χ2v) is 5.14. The number of nitrogens with one attached hydrogen (secondary N) is 1. The van der Waals surface area contributed by atoms with E-state index in [1.165, 1.54) is 0 Å². The molecule has 2 aliphatic rings. The summed E-state index contributed by atoms with van der Waals surface area (Å²) in [7, 11) is 0. The first-order chi connectivity index (χ1) is 9.56. The van der Waals surface area contributed by atoms with Crippen molar-refractivity contribution in [1.29, 1.82) is 0 Å². The van der Waals surface area contributed by atoms with E-state index >= 15 is 0 Å². The monoisotopic (exact) mass is 281 g/mol. The summed E-state index contributed by atoms with van der Waals surface area (Å²) in [5, 5.41) is 2.58. The summed E-state index contributed by atoms with van der Waals surface area (Å²) in [6, 6.07) is -0.846. The third-order valence-corrected chi connectivity index (χ3v) is 3.65. The van der Waals surface area contributed by atoms with Crippen LogP contribution in [0, 0.1) is 0 Å². The summed E-state index contributed by atoms with van der Waals surface area (Å²) < 4.78 is 0. The molecule has 0 spiro atoms. The fourth-order valence-electron chi connectivity index (χ4n) is 2.61. The molecule has 7 heteroatoms. The number of carbonyl (C=O) groups excluding carboxylic acids is 4. The lowest BCUT2D eigenvalue weighted by Gasteiger charge is -2.20. The Hall–Kier alpha value is -1.92. The summed E-state index contributed by atoms with van der Waals surface area (Å²) in [5.41, 5.74) is 0. The van der Waals surface area contributed by atoms with Crippen LogP contribution in [0.3, 0.4) is 0 Å². The summed E-state index contributed by atoms with van der Waals surface area (Å²) in [6.45, 7) is 2.00. The van der Waals surface area contributed by atoms with Gasteiger partial charge in [0.05, 0.1) is 0 Å². The third kappa shape index (κ3) is 2.66. The van der Waals surface area contributed by atoms with Crippen LogP contribution in [0.25, 0.3) is 0 Å². The first-order valence-electron chi connectivity index (χ1n) is 7.02. The first kappa shape index (κ1) is 14.5. The van der Waals surface area contributed by atoms with Gasteiger partial charge in [0.2, 0.25) is 5.91 Å². The van der Waals surface area contributed by atoms with Gasteiger partial charge in [-0.2, -0.15) is 0 Å². The van der Waals surface area contributed by atoms with Gasteiger partial charge in [0.25, 0.3) is 0 Å². The molecule has 0 bridgehead atoms. The summed E-state index contributed by atoms with van der Waals surface area (Å²) >= 11 is 0. The van der Waals surface area contributed by atoms with Gasteiger partial charge in [-0.3, -0.25) is 19.3 Å². The Morgan fingerprint density at radius 2 is 1.85 bits per heavy atom. The molecule has 1 heterocycles. The SMILES string of the molecule is CCCNC(=O)CN1C(=O)C(=O)N(C2CCCC2)C1=O. The van der Waals surface area contributed by atoms with Crippen LogP contribution in [0.15, 0.2) is 0 Å². The lowest BCUT2D eigenvalue weighted by atomic mass is 10.2. The summed E-state index contributed by atoms with van der Waals surface area (Å²) in [6.07, 6.45) is 4.14. The van der Waals surface area contributed by atoms with E-state index in [-0.39, 0.29) is 12.6 Å². The van der Waals surface area contributed by atoms with Crippen LogP contribution in [0.4, 0.5) is 4.79 Å². The van der Waals surface area contributed by atoms with Crippen LogP contribution < -0.4 is 5.32 Å². The Morgan fingerprint density at radius 1 is 1.20 bits per heavy atom. The standard InChI is InChI=1S/C13H19N3O4/c1-2-7-14-10(17)8-15-11(18)12(19)16(13(15)20)9-5-3-4-6-9/h9H,2-8H2,1H3,(H,14,17). The molecule has 0 atom stereocenters. The van der Waals surface area contributed by atoms with Crippen molar-refractivity contribution >= 4 is 23.8 Å². The molecule has 1 saturated carbocycles. The Labute approximate surface area is 117 Å². The Bertz CT molecular complexity index is 443. The first-order valence-corrected chi connectivity index (χ1v) is 7.02. The smallest absolute Gasteiger partial charge is 0.334 e. The van der Waals surface area contributed by atoms with Gasteiger partial charge in [-0.1, -0.05) is 19.8 Å². The van der Waals surface area contributed by atoms with E-state index in [2.05, 4.69) is 5.32 Å². The molecule has 20 heavy (non-hydrogen) atoms. The van der Waals surface area contributed by atoms with Crippen molar-refractivity contribution in [3.63, 3.8) is 0 Å². The second-order valence-electron chi connectivity index (χ2n) is 5.14. The lowest BCUT2D eigenvalue weighted by molar-refractivity contribution is -0.144. The topological polar surface area (TPSA) is 86.8 Å². The van der Waals surface area contributed by atoms with Gasteiger partial charge in [-0.05, 0) is 19.3 Å². The molecule has 1 aliphatic heterocycles. The van der Waals surface area contributed by atoms with Crippen LogP contribution in [0.2, 0.25) is 0 Å². The van der Waals surface area contributed by atoms with Gasteiger partial charge in [0.15, 0.2) is 0 Å². The van der Waals surface area contributed by atoms with Gasteiger partial charge in [0, 0.05) is 12.6 Å². The van der Waals surface area contributed by atoms with Gasteiger partial charge < -0.3 is 5.32 Å². The minimum Gasteiger partial charge on any atom is -0.355 e. The number of imide groups is 2. The average molecular weight is 281 g/mol. The van der Waals surface area contributed by atoms with Crippen molar-refractivity contribution in [3.05, 3.63) is 0 Å². The number of rotatable bonds is 5. The lowest BCUT2D eigenvalue weighted by Crippen LogP contribution is -2.43. The quantitative estimate of drug-likeness (QED) is 0.578. The van der Waals surface area contributed by atoms with Crippen LogP contribution in [-0.4, -0.2) is 52.7 Å². The van der Waals surface area contributed by atoms with E-state index < -0.39 is 23.8 Å². The maximum absolute atomic E-state index is 12.2. The third-order valence-electron chi connectivity index (χ3n) is 3.65. The highest BCUT2D eigenvalue weighted by atomic mass is 16.2. The predicted octanol–water partition coefficient (Wildman–Crippen LogP) is 0.246. The molecule has 1 aliphatic carbocycles. The normalized spacial score (nSPS) is 20.1. The number of urea groups is 1. The van der Waals surface area contributed by atoms with Crippen LogP contribution in [0.1, 0.15) is 39.0 Å². The van der Waals surface area contributed by atoms with Gasteiger partial charge in [-0.15, -0.1) is 0 Å². The zero-order valence-corrected chi connectivity index (χ0v) is 11.6. The van der Waals surface area contributed by atoms with Crippen molar-refractivity contribution in [3.8, 4) is 0 Å². The largest absolute Gasteiger partial charge is 0.355 e. The highest BCUT2D eigenvalue weighted by molar-refractivity contribution is 6.45. The van der Waals surface area contributed by atoms with E-state index in [4.69, 9.17) is 0 Å². The molecule has 2 rings (SSSR count). The molecule has 0 radical (unpaired) electrons. The highest BCUT2D eigenvalue weighted by Gasteiger charge is 2.48. The van der Waals surface area contributed by atoms with E-state index in [9.17, 15) is 19.2 Å². The van der Waals surface area contributed by atoms with E-state index in [0.717, 1.165) is 41.9 Å². The minimum atomic E-state index is -0.895. The average Bonchev–Trinajstić information content (AvgIpc) is 3.01. The second kappa shape index (κ2) is 6.02. The Balaban J connectivity index is 2.03. The molecule has 110 valence electrons. The Kier molecular flexibility index (Phi) is 4.36. The molecule has 5 amide bonds. The van der Waals surface area contributed by atoms with Gasteiger partial charge in [0.1, 0.15) is 6.54 Å². The molecule has 1 saturated heterocycles. The molecule has 1 N–H and O–H groups in total. The Morgan fingerprint density at radius 3 is 2.45 bits per heavy atom. The fraction of sp³-hybridized carbons (Fsp3) is 0.692. The maximum Gasteiger partial charge on any atom is 0.334 e. The minimum absolute atomic E-state index is 0.192. The van der Waals surface area contributed by atoms with Crippen molar-refractivity contribution in [2.75, 3.05) is 13.1 Å². The predicted molar refractivity (Wildman–Crippen MR) is 69.5 cm³/mol. The van der Waals surface area contributed by atoms with Gasteiger partial charge >= 0.3 is 17.8 Å². The molecule has 0 aromatic heterocycles. The summed E-state index contributed by atoms with van der Waals surface area (Å²) in [5.74, 6) is -2.12. The van der Waals surface area contributed by atoms with Crippen LogP contribution in [0.5, 0.6) is 0 Å². The van der Waals surface area contributed by atoms with E-state index in [0.29, 0.717) is 6.54 Å². The number of carbonyl (C=O) groups is 4. The molecular formula is C13H19N3O4. The van der Waals surface area contributed by atoms with Crippen molar-refractivity contribution in [2.45, 2.75) is 45.1 Å². The number of nitrogens with zero attached hydrogens (tertiary/aromatic N) is 2. The fourth-order valence-corrected chi connectivity index (χ4v) is 2.61. The van der Waals surface area contributed by atoms with Crippen LogP contribution >= 0.6 is 0 Å². The van der Waals surface area contributed by atoms with Crippen molar-refractivity contribution < 1.29 is 19.2 Å². The number of hydrogen-bond acceptors (Lipinski definition) is 4. The van der Waals surface area contributed by atoms with E-state index in [1.54, 1.807) is 0 Å². The van der Waals surface area contributed by atoms with Crippen LogP contribution in [-0.2, 0) is 14.4 Å². The number of amides is 5. The maximum atomic E-state index is 12.2. The highest BCUT2D eigenvalue weighted by Crippen LogP contribution is 2.27. The zero-order valence-electron chi connectivity index (χ0n) is 11.6. The van der Waals surface area contributed by atoms with Gasteiger partial charge in [-0.25, -0.2) is 9.69 Å². The molecule has 0 unspecified atom stereocenters. The summed E-state index contributed by atoms with van der Waals surface area (Å²) in [4.78, 5) is 49.2. The number of hydrogen-bond donors (Lipinski definition) is 1. The molecular weight excluding hydrogens is 262 g/mol. The molecule has 7 nitrogen and oxygen atoms in total.